The summed E-state index contributed by atoms with van der Waals surface area (Å²) in [6.45, 7) is 7.51. The molecule has 0 spiro atoms. The molecule has 1 aliphatic heterocycles. The fourth-order valence-corrected chi connectivity index (χ4v) is 6.13. The van der Waals surface area contributed by atoms with Gasteiger partial charge in [-0.25, -0.2) is 19.7 Å². The number of allylic oxidation sites excluding steroid dienone is 6. The van der Waals surface area contributed by atoms with Crippen molar-refractivity contribution >= 4 is 56.8 Å². The van der Waals surface area contributed by atoms with Crippen molar-refractivity contribution in [2.24, 2.45) is 0 Å². The highest BCUT2D eigenvalue weighted by atomic mass is 16.5. The minimum atomic E-state index is -0.584. The molecule has 11 heteroatoms. The van der Waals surface area contributed by atoms with Crippen molar-refractivity contribution in [2.45, 2.75) is 0 Å². The number of benzene rings is 4. The number of fused-ring (bicyclic) bond motifs is 2. The Labute approximate surface area is 327 Å². The summed E-state index contributed by atoms with van der Waals surface area (Å²) in [5, 5.41) is 11.1. The van der Waals surface area contributed by atoms with Crippen LogP contribution in [0.4, 0.5) is 22.7 Å². The second-order valence-corrected chi connectivity index (χ2v) is 12.9. The van der Waals surface area contributed by atoms with Gasteiger partial charge < -0.3 is 32.8 Å². The van der Waals surface area contributed by atoms with Gasteiger partial charge in [0.2, 0.25) is 0 Å². The van der Waals surface area contributed by atoms with Crippen LogP contribution in [0.1, 0.15) is 11.1 Å². The summed E-state index contributed by atoms with van der Waals surface area (Å²) in [4.78, 5) is 33.5. The Hall–Kier alpha value is -8.02. The molecule has 7 rings (SSSR count). The van der Waals surface area contributed by atoms with Crippen molar-refractivity contribution in [3.63, 3.8) is 0 Å². The molecule has 0 unspecified atom stereocenters. The first kappa shape index (κ1) is 37.3. The molecule has 0 amide bonds. The van der Waals surface area contributed by atoms with E-state index in [0.29, 0.717) is 22.1 Å². The zero-order chi connectivity index (χ0) is 40.1. The monoisotopic (exact) mass is 754 g/mol. The number of methoxy groups -OCH3 is 2. The van der Waals surface area contributed by atoms with Crippen LogP contribution in [0.15, 0.2) is 163 Å². The first-order chi connectivity index (χ1) is 27.7. The van der Waals surface area contributed by atoms with Gasteiger partial charge in [-0.3, -0.25) is 0 Å². The van der Waals surface area contributed by atoms with E-state index >= 15 is 0 Å². The van der Waals surface area contributed by atoms with Crippen LogP contribution < -0.4 is 30.5 Å². The largest absolute Gasteiger partial charge is 0.497 e. The predicted octanol–water partition coefficient (Wildman–Crippen LogP) is 9.67. The molecule has 11 nitrogen and oxygen atoms in total. The van der Waals surface area contributed by atoms with Gasteiger partial charge >= 0.3 is 11.3 Å². The highest BCUT2D eigenvalue weighted by Gasteiger charge is 2.16. The number of hydrogen-bond acceptors (Lipinski definition) is 10. The van der Waals surface area contributed by atoms with Crippen LogP contribution in [0.5, 0.6) is 11.5 Å². The van der Waals surface area contributed by atoms with Gasteiger partial charge in [0.1, 0.15) is 34.2 Å². The highest BCUT2D eigenvalue weighted by molar-refractivity contribution is 5.87. The van der Waals surface area contributed by atoms with Gasteiger partial charge in [0, 0.05) is 59.8 Å². The van der Waals surface area contributed by atoms with Crippen molar-refractivity contribution in [1.29, 1.82) is 5.26 Å². The van der Waals surface area contributed by atoms with Crippen LogP contribution in [0.3, 0.4) is 0 Å². The maximum Gasteiger partial charge on any atom is 0.343 e. The van der Waals surface area contributed by atoms with Gasteiger partial charge in [-0.1, -0.05) is 0 Å². The molecule has 0 saturated carbocycles. The van der Waals surface area contributed by atoms with Crippen LogP contribution >= 0.6 is 0 Å². The van der Waals surface area contributed by atoms with Crippen LogP contribution in [-0.4, -0.2) is 28.3 Å². The van der Waals surface area contributed by atoms with E-state index < -0.39 is 11.3 Å². The third-order valence-electron chi connectivity index (χ3n) is 9.11. The molecule has 0 aliphatic carbocycles. The zero-order valence-electron chi connectivity index (χ0n) is 31.3. The summed E-state index contributed by atoms with van der Waals surface area (Å²) in [5.41, 5.74) is 3.74. The van der Waals surface area contributed by atoms with Crippen LogP contribution in [0.2, 0.25) is 0 Å². The summed E-state index contributed by atoms with van der Waals surface area (Å²) < 4.78 is 28.2. The molecule has 57 heavy (non-hydrogen) atoms. The van der Waals surface area contributed by atoms with Crippen LogP contribution in [0.25, 0.3) is 38.9 Å². The van der Waals surface area contributed by atoms with E-state index in [1.807, 2.05) is 103 Å². The average Bonchev–Trinajstić information content (AvgIpc) is 3.23. The van der Waals surface area contributed by atoms with E-state index in [1.54, 1.807) is 62.8 Å². The summed E-state index contributed by atoms with van der Waals surface area (Å²) in [6, 6.07) is 31.8. The first-order valence-corrected chi connectivity index (χ1v) is 17.6. The second-order valence-electron chi connectivity index (χ2n) is 12.9. The van der Waals surface area contributed by atoms with Crippen LogP contribution in [-0.2, 0) is 4.74 Å². The lowest BCUT2D eigenvalue weighted by Gasteiger charge is -2.26. The predicted molar refractivity (Wildman–Crippen MR) is 222 cm³/mol. The molecular weight excluding hydrogens is 721 g/mol. The smallest absolute Gasteiger partial charge is 0.343 e. The number of nitrogens with zero attached hydrogens (tertiary/aromatic N) is 4. The number of rotatable bonds is 10. The molecule has 280 valence electrons. The standard InChI is InChI=1S/C46H34N4O7/c1-48-42(28-47)33-24-40(16-8-31-22-29-6-10-36(49(2)3)26-43(29)56-45(31)51)55-41(25-33)17-9-32-23-30-7-11-37(27-44(30)57-46(32)52)50(34-12-18-38(53-4)19-13-34)35-14-20-39(54-5)21-15-35/h6-27H,2-5H3. The lowest BCUT2D eigenvalue weighted by atomic mass is 10.1. The van der Waals surface area contributed by atoms with E-state index in [0.717, 1.165) is 39.6 Å². The molecule has 0 bridgehead atoms. The Morgan fingerprint density at radius 1 is 0.667 bits per heavy atom. The molecule has 6 aromatic rings. The SMILES string of the molecule is [C-]#[N+]C(C#N)=C1C=C(C=Cc2cc3ccc(N(C)C)cc3oc2=O)OC(C=Cc2cc3ccc(N(c4ccc(OC)cc4)c4ccc(OC)cc4)cc3oc2=O)=C1. The van der Waals surface area contributed by atoms with Crippen molar-refractivity contribution < 1.29 is 23.0 Å². The lowest BCUT2D eigenvalue weighted by molar-refractivity contribution is 0.332. The normalized spacial score (nSPS) is 13.4. The molecule has 3 heterocycles. The maximum absolute atomic E-state index is 13.4. The number of nitriles is 1. The summed E-state index contributed by atoms with van der Waals surface area (Å²) in [5.74, 6) is 1.93. The van der Waals surface area contributed by atoms with Crippen molar-refractivity contribution in [3.05, 3.63) is 188 Å². The number of anilines is 4. The molecule has 0 atom stereocenters. The van der Waals surface area contributed by atoms with Crippen molar-refractivity contribution in [1.82, 2.24) is 0 Å². The molecule has 2 aromatic heterocycles. The van der Waals surface area contributed by atoms with Crippen LogP contribution in [0, 0.1) is 17.9 Å². The number of ether oxygens (including phenoxy) is 3. The Morgan fingerprint density at radius 2 is 1.12 bits per heavy atom. The van der Waals surface area contributed by atoms with Gasteiger partial charge in [-0.15, -0.1) is 0 Å². The molecule has 0 saturated heterocycles. The lowest BCUT2D eigenvalue weighted by Crippen LogP contribution is -2.10. The van der Waals surface area contributed by atoms with Gasteiger partial charge in [-0.2, -0.15) is 0 Å². The van der Waals surface area contributed by atoms with E-state index in [-0.39, 0.29) is 28.3 Å². The van der Waals surface area contributed by atoms with Gasteiger partial charge in [0.05, 0.1) is 38.0 Å². The fourth-order valence-electron chi connectivity index (χ4n) is 6.13. The fraction of sp³-hybridized carbons (Fsp3) is 0.0870. The maximum atomic E-state index is 13.4. The van der Waals surface area contributed by atoms with Crippen molar-refractivity contribution in [2.75, 3.05) is 38.1 Å². The Kier molecular flexibility index (Phi) is 10.6. The second kappa shape index (κ2) is 16.1. The molecule has 4 aromatic carbocycles. The quantitative estimate of drug-likeness (QED) is 0.0759. The minimum Gasteiger partial charge on any atom is -0.497 e. The van der Waals surface area contributed by atoms with E-state index in [2.05, 4.69) is 4.85 Å². The Balaban J connectivity index is 1.18. The zero-order valence-corrected chi connectivity index (χ0v) is 31.3. The molecule has 0 N–H and O–H groups in total. The van der Waals surface area contributed by atoms with Gasteiger partial charge in [0.15, 0.2) is 0 Å². The Morgan fingerprint density at radius 3 is 1.56 bits per heavy atom. The molecule has 0 fully saturated rings. The summed E-state index contributed by atoms with van der Waals surface area (Å²) >= 11 is 0. The van der Waals surface area contributed by atoms with E-state index in [4.69, 9.17) is 29.6 Å². The Bertz CT molecular complexity index is 2820. The van der Waals surface area contributed by atoms with Crippen molar-refractivity contribution in [3.8, 4) is 17.6 Å². The van der Waals surface area contributed by atoms with Gasteiger partial charge in [0.25, 0.3) is 5.70 Å². The first-order valence-electron chi connectivity index (χ1n) is 17.6. The third-order valence-corrected chi connectivity index (χ3v) is 9.11. The summed E-state index contributed by atoms with van der Waals surface area (Å²) in [7, 11) is 7.02. The summed E-state index contributed by atoms with van der Waals surface area (Å²) in [6.07, 6.45) is 9.24. The van der Waals surface area contributed by atoms with E-state index in [9.17, 15) is 14.9 Å². The van der Waals surface area contributed by atoms with Gasteiger partial charge in [-0.05, 0) is 127 Å². The molecular formula is C46H34N4O7. The topological polar surface area (TPSA) is 123 Å². The average molecular weight is 755 g/mol. The minimum absolute atomic E-state index is 0.156. The molecule has 0 radical (unpaired) electrons. The van der Waals surface area contributed by atoms with E-state index in [1.165, 1.54) is 12.2 Å². The third kappa shape index (κ3) is 8.09. The highest BCUT2D eigenvalue weighted by Crippen LogP contribution is 2.37. The molecule has 1 aliphatic rings. The number of hydrogen-bond donors (Lipinski definition) is 0.